The summed E-state index contributed by atoms with van der Waals surface area (Å²) in [6, 6.07) is 0. The standard InChI is InChI=1S/C13H17N3O3/c17-11-10(12(18)19)16(15-14-11)13-4-7-1-8(5-13)3-9(2-7)6-13/h7-9,17H,1-6H2,(H,18,19). The first-order valence-corrected chi connectivity index (χ1v) is 6.96. The number of carboxylic acids is 1. The number of hydrogen-bond donors (Lipinski definition) is 2. The van der Waals surface area contributed by atoms with E-state index in [2.05, 4.69) is 10.3 Å². The summed E-state index contributed by atoms with van der Waals surface area (Å²) in [7, 11) is 0. The fourth-order valence-corrected chi connectivity index (χ4v) is 5.12. The molecule has 0 spiro atoms. The molecule has 1 aromatic heterocycles. The van der Waals surface area contributed by atoms with Crippen LogP contribution >= 0.6 is 0 Å². The normalized spacial score (nSPS) is 39.7. The van der Waals surface area contributed by atoms with Gasteiger partial charge in [-0.1, -0.05) is 10.3 Å². The smallest absolute Gasteiger partial charge is 0.359 e. The van der Waals surface area contributed by atoms with Gasteiger partial charge in [-0.15, -0.1) is 0 Å². The maximum Gasteiger partial charge on any atom is 0.359 e. The van der Waals surface area contributed by atoms with Crippen LogP contribution in [0.25, 0.3) is 0 Å². The summed E-state index contributed by atoms with van der Waals surface area (Å²) < 4.78 is 1.52. The van der Waals surface area contributed by atoms with Crippen molar-refractivity contribution in [3.8, 4) is 5.88 Å². The summed E-state index contributed by atoms with van der Waals surface area (Å²) in [6.45, 7) is 0. The van der Waals surface area contributed by atoms with Crippen molar-refractivity contribution in [3.05, 3.63) is 5.69 Å². The molecule has 4 bridgehead atoms. The van der Waals surface area contributed by atoms with Gasteiger partial charge in [-0.25, -0.2) is 9.48 Å². The van der Waals surface area contributed by atoms with Gasteiger partial charge in [0.15, 0.2) is 0 Å². The third-order valence-corrected chi connectivity index (χ3v) is 5.31. The van der Waals surface area contributed by atoms with Gasteiger partial charge in [0.05, 0.1) is 5.54 Å². The largest absolute Gasteiger partial charge is 0.490 e. The van der Waals surface area contributed by atoms with Crippen molar-refractivity contribution < 1.29 is 15.0 Å². The molecule has 0 aliphatic heterocycles. The SMILES string of the molecule is O=C(O)c1c(O)nnn1C12CC3CC(CC(C3)C1)C2. The van der Waals surface area contributed by atoms with Gasteiger partial charge >= 0.3 is 5.97 Å². The minimum absolute atomic E-state index is 0.137. The topological polar surface area (TPSA) is 88.2 Å². The lowest BCUT2D eigenvalue weighted by molar-refractivity contribution is -0.0517. The summed E-state index contributed by atoms with van der Waals surface area (Å²) in [4.78, 5) is 11.3. The Bertz CT molecular complexity index is 516. The zero-order valence-electron chi connectivity index (χ0n) is 10.6. The summed E-state index contributed by atoms with van der Waals surface area (Å²) in [5.74, 6) is 0.485. The fourth-order valence-electron chi connectivity index (χ4n) is 5.12. The van der Waals surface area contributed by atoms with E-state index in [9.17, 15) is 15.0 Å². The Morgan fingerprint density at radius 1 is 1.16 bits per heavy atom. The highest BCUT2D eigenvalue weighted by Gasteiger charge is 2.53. The lowest BCUT2D eigenvalue weighted by atomic mass is 9.53. The Labute approximate surface area is 110 Å². The molecule has 6 nitrogen and oxygen atoms in total. The molecule has 0 amide bonds. The fraction of sp³-hybridized carbons (Fsp3) is 0.769. The second kappa shape index (κ2) is 3.49. The molecule has 0 atom stereocenters. The molecule has 4 saturated carbocycles. The first kappa shape index (κ1) is 11.3. The van der Waals surface area contributed by atoms with Gasteiger partial charge in [-0.05, 0) is 56.3 Å². The van der Waals surface area contributed by atoms with Crippen molar-refractivity contribution in [2.75, 3.05) is 0 Å². The monoisotopic (exact) mass is 263 g/mol. The van der Waals surface area contributed by atoms with E-state index in [1.54, 1.807) is 0 Å². The molecule has 4 aliphatic carbocycles. The van der Waals surface area contributed by atoms with Crippen molar-refractivity contribution in [2.24, 2.45) is 17.8 Å². The predicted octanol–water partition coefficient (Wildman–Crippen LogP) is 1.61. The van der Waals surface area contributed by atoms with Crippen molar-refractivity contribution >= 4 is 5.97 Å². The zero-order chi connectivity index (χ0) is 13.2. The molecule has 0 radical (unpaired) electrons. The molecule has 1 heterocycles. The van der Waals surface area contributed by atoms with Gasteiger partial charge in [-0.2, -0.15) is 0 Å². The first-order chi connectivity index (χ1) is 9.07. The van der Waals surface area contributed by atoms with Crippen LogP contribution in [0.1, 0.15) is 49.0 Å². The molecule has 4 fully saturated rings. The number of nitrogens with zero attached hydrogens (tertiary/aromatic N) is 3. The van der Waals surface area contributed by atoms with Gasteiger partial charge < -0.3 is 10.2 Å². The highest BCUT2D eigenvalue weighted by atomic mass is 16.4. The van der Waals surface area contributed by atoms with Gasteiger partial charge in [0, 0.05) is 0 Å². The summed E-state index contributed by atoms with van der Waals surface area (Å²) in [5.41, 5.74) is -0.349. The maximum absolute atomic E-state index is 11.3. The van der Waals surface area contributed by atoms with Crippen molar-refractivity contribution in [1.29, 1.82) is 0 Å². The van der Waals surface area contributed by atoms with Crippen LogP contribution < -0.4 is 0 Å². The van der Waals surface area contributed by atoms with Crippen molar-refractivity contribution in [1.82, 2.24) is 15.0 Å². The Morgan fingerprint density at radius 3 is 2.16 bits per heavy atom. The van der Waals surface area contributed by atoms with Crippen LogP contribution in [-0.4, -0.2) is 31.2 Å². The van der Waals surface area contributed by atoms with Crippen molar-refractivity contribution in [3.63, 3.8) is 0 Å². The van der Waals surface area contributed by atoms with E-state index >= 15 is 0 Å². The molecule has 4 aliphatic rings. The number of aromatic carboxylic acids is 1. The quantitative estimate of drug-likeness (QED) is 0.846. The number of carbonyl (C=O) groups is 1. The van der Waals surface area contributed by atoms with Gasteiger partial charge in [0.1, 0.15) is 0 Å². The zero-order valence-corrected chi connectivity index (χ0v) is 10.6. The Kier molecular flexibility index (Phi) is 2.07. The molecule has 5 rings (SSSR count). The molecule has 19 heavy (non-hydrogen) atoms. The van der Waals surface area contributed by atoms with E-state index in [1.165, 1.54) is 23.9 Å². The van der Waals surface area contributed by atoms with Crippen LogP contribution in [0.5, 0.6) is 5.88 Å². The molecular formula is C13H17N3O3. The minimum atomic E-state index is -1.14. The van der Waals surface area contributed by atoms with E-state index in [-0.39, 0.29) is 11.2 Å². The average molecular weight is 263 g/mol. The summed E-state index contributed by atoms with van der Waals surface area (Å²) >= 11 is 0. The molecule has 2 N–H and O–H groups in total. The predicted molar refractivity (Wildman–Crippen MR) is 64.8 cm³/mol. The Balaban J connectivity index is 1.82. The number of carboxylic acid groups (broad SMARTS) is 1. The minimum Gasteiger partial charge on any atom is -0.490 e. The number of hydrogen-bond acceptors (Lipinski definition) is 4. The summed E-state index contributed by atoms with van der Waals surface area (Å²) in [6.07, 6.45) is 6.80. The third-order valence-electron chi connectivity index (χ3n) is 5.31. The summed E-state index contributed by atoms with van der Waals surface area (Å²) in [5, 5.41) is 26.4. The van der Waals surface area contributed by atoms with Crippen LogP contribution in [0.4, 0.5) is 0 Å². The molecule has 0 unspecified atom stereocenters. The Hall–Kier alpha value is -1.59. The lowest BCUT2D eigenvalue weighted by Crippen LogP contribution is -2.53. The number of aromatic nitrogens is 3. The van der Waals surface area contributed by atoms with Crippen LogP contribution in [0.2, 0.25) is 0 Å². The molecule has 6 heteroatoms. The average Bonchev–Trinajstić information content (AvgIpc) is 2.70. The molecule has 0 aromatic carbocycles. The highest BCUT2D eigenvalue weighted by Crippen LogP contribution is 2.59. The second-order valence-corrected chi connectivity index (χ2v) is 6.62. The lowest BCUT2D eigenvalue weighted by Gasteiger charge is -2.56. The van der Waals surface area contributed by atoms with Gasteiger partial charge in [-0.3, -0.25) is 0 Å². The van der Waals surface area contributed by atoms with Crippen LogP contribution in [0.3, 0.4) is 0 Å². The van der Waals surface area contributed by atoms with Crippen LogP contribution in [0, 0.1) is 17.8 Å². The molecule has 0 saturated heterocycles. The Morgan fingerprint density at radius 2 is 1.68 bits per heavy atom. The van der Waals surface area contributed by atoms with Gasteiger partial charge in [0.2, 0.25) is 5.69 Å². The maximum atomic E-state index is 11.3. The third kappa shape index (κ3) is 1.45. The van der Waals surface area contributed by atoms with E-state index < -0.39 is 11.8 Å². The van der Waals surface area contributed by atoms with E-state index in [0.29, 0.717) is 17.8 Å². The van der Waals surface area contributed by atoms with E-state index in [1.807, 2.05) is 0 Å². The second-order valence-electron chi connectivity index (χ2n) is 6.62. The number of rotatable bonds is 2. The van der Waals surface area contributed by atoms with Crippen LogP contribution in [-0.2, 0) is 5.54 Å². The highest BCUT2D eigenvalue weighted by molar-refractivity contribution is 5.88. The first-order valence-electron chi connectivity index (χ1n) is 6.96. The van der Waals surface area contributed by atoms with Gasteiger partial charge in [0.25, 0.3) is 5.88 Å². The van der Waals surface area contributed by atoms with Crippen LogP contribution in [0.15, 0.2) is 0 Å². The van der Waals surface area contributed by atoms with E-state index in [4.69, 9.17) is 0 Å². The van der Waals surface area contributed by atoms with Crippen molar-refractivity contribution in [2.45, 2.75) is 44.1 Å². The molecular weight excluding hydrogens is 246 g/mol. The molecule has 102 valence electrons. The molecule has 1 aromatic rings. The number of aromatic hydroxyl groups is 1. The van der Waals surface area contributed by atoms with E-state index in [0.717, 1.165) is 19.3 Å².